The molecule has 1 saturated carbocycles. The van der Waals surface area contributed by atoms with Crippen molar-refractivity contribution in [2.75, 3.05) is 0 Å². The Bertz CT molecular complexity index is 348. The van der Waals surface area contributed by atoms with Gasteiger partial charge in [0.2, 0.25) is 0 Å². The molecule has 2 rings (SSSR count). The Labute approximate surface area is 79.5 Å². The van der Waals surface area contributed by atoms with Crippen LogP contribution in [0.15, 0.2) is 18.2 Å². The van der Waals surface area contributed by atoms with Crippen LogP contribution in [0.1, 0.15) is 12.8 Å². The Hall–Kier alpha value is -1.45. The maximum atomic E-state index is 12.7. The molecular formula is C10H8F2O2. The second kappa shape index (κ2) is 3.36. The van der Waals surface area contributed by atoms with Crippen LogP contribution in [-0.4, -0.2) is 11.9 Å². The molecule has 0 heterocycles. The van der Waals surface area contributed by atoms with Gasteiger partial charge in [0.05, 0.1) is 0 Å². The van der Waals surface area contributed by atoms with Crippen LogP contribution in [0.25, 0.3) is 0 Å². The quantitative estimate of drug-likeness (QED) is 0.727. The predicted molar refractivity (Wildman–Crippen MR) is 45.0 cm³/mol. The highest BCUT2D eigenvalue weighted by molar-refractivity contribution is 5.85. The maximum absolute atomic E-state index is 12.7. The van der Waals surface area contributed by atoms with Crippen molar-refractivity contribution in [2.45, 2.75) is 18.9 Å². The molecule has 1 fully saturated rings. The van der Waals surface area contributed by atoms with Crippen LogP contribution in [0.4, 0.5) is 8.78 Å². The number of hydrogen-bond donors (Lipinski definition) is 0. The maximum Gasteiger partial charge on any atom is 0.140 e. The molecule has 74 valence electrons. The van der Waals surface area contributed by atoms with Gasteiger partial charge >= 0.3 is 0 Å². The number of ketones is 1. The summed E-state index contributed by atoms with van der Waals surface area (Å²) >= 11 is 0. The van der Waals surface area contributed by atoms with Crippen LogP contribution >= 0.6 is 0 Å². The van der Waals surface area contributed by atoms with Gasteiger partial charge in [-0.25, -0.2) is 8.78 Å². The van der Waals surface area contributed by atoms with Gasteiger partial charge in [0.25, 0.3) is 0 Å². The molecular weight excluding hydrogens is 190 g/mol. The van der Waals surface area contributed by atoms with E-state index in [1.165, 1.54) is 0 Å². The number of carbonyl (C=O) groups excluding carboxylic acids is 1. The molecule has 1 aliphatic rings. The third-order valence-electron chi connectivity index (χ3n) is 2.05. The number of halogens is 2. The van der Waals surface area contributed by atoms with Crippen LogP contribution < -0.4 is 4.74 Å². The first kappa shape index (κ1) is 9.12. The highest BCUT2D eigenvalue weighted by Gasteiger charge is 2.28. The fraction of sp³-hybridized carbons (Fsp3) is 0.300. The van der Waals surface area contributed by atoms with Crippen molar-refractivity contribution in [3.63, 3.8) is 0 Å². The molecule has 0 aliphatic heterocycles. The molecule has 0 unspecified atom stereocenters. The normalized spacial score (nSPS) is 16.6. The van der Waals surface area contributed by atoms with Crippen molar-refractivity contribution in [3.05, 3.63) is 29.8 Å². The van der Waals surface area contributed by atoms with E-state index in [4.69, 9.17) is 4.74 Å². The Morgan fingerprint density at radius 1 is 1.14 bits per heavy atom. The topological polar surface area (TPSA) is 26.3 Å². The van der Waals surface area contributed by atoms with Crippen LogP contribution in [0, 0.1) is 11.6 Å². The molecule has 0 saturated heterocycles. The third kappa shape index (κ3) is 1.89. The molecule has 4 heteroatoms. The highest BCUT2D eigenvalue weighted by atomic mass is 19.1. The first-order valence-electron chi connectivity index (χ1n) is 4.28. The Morgan fingerprint density at radius 3 is 2.21 bits per heavy atom. The molecule has 0 bridgehead atoms. The lowest BCUT2D eigenvalue weighted by Gasteiger charge is -2.25. The summed E-state index contributed by atoms with van der Waals surface area (Å²) in [5.74, 6) is -1.09. The van der Waals surface area contributed by atoms with Gasteiger partial charge in [-0.1, -0.05) is 0 Å². The smallest absolute Gasteiger partial charge is 0.140 e. The van der Waals surface area contributed by atoms with E-state index in [9.17, 15) is 13.6 Å². The molecule has 1 aromatic carbocycles. The van der Waals surface area contributed by atoms with Crippen LogP contribution in [0.3, 0.4) is 0 Å². The lowest BCUT2D eigenvalue weighted by Crippen LogP contribution is -2.33. The second-order valence-electron chi connectivity index (χ2n) is 3.29. The summed E-state index contributed by atoms with van der Waals surface area (Å²) in [6.45, 7) is 0. The second-order valence-corrected chi connectivity index (χ2v) is 3.29. The molecule has 0 spiro atoms. The molecule has 1 aromatic rings. The SMILES string of the molecule is O=C1CC(Oc2cc(F)cc(F)c2)C1. The minimum Gasteiger partial charge on any atom is -0.489 e. The van der Waals surface area contributed by atoms with Gasteiger partial charge in [0.1, 0.15) is 29.3 Å². The molecule has 2 nitrogen and oxygen atoms in total. The molecule has 0 aromatic heterocycles. The zero-order valence-corrected chi connectivity index (χ0v) is 7.30. The highest BCUT2D eigenvalue weighted by Crippen LogP contribution is 2.23. The predicted octanol–water partition coefficient (Wildman–Crippen LogP) is 2.08. The number of benzene rings is 1. The van der Waals surface area contributed by atoms with Gasteiger partial charge in [-0.15, -0.1) is 0 Å². The third-order valence-corrected chi connectivity index (χ3v) is 2.05. The number of Topliss-reactive ketones (excluding diaryl/α,β-unsaturated/α-hetero) is 1. The van der Waals surface area contributed by atoms with Crippen LogP contribution in [0.2, 0.25) is 0 Å². The summed E-state index contributed by atoms with van der Waals surface area (Å²) in [4.78, 5) is 10.6. The molecule has 0 N–H and O–H groups in total. The van der Waals surface area contributed by atoms with E-state index < -0.39 is 11.6 Å². The summed E-state index contributed by atoms with van der Waals surface area (Å²) in [6.07, 6.45) is 0.444. The van der Waals surface area contributed by atoms with Crippen molar-refractivity contribution in [2.24, 2.45) is 0 Å². The van der Waals surface area contributed by atoms with E-state index in [-0.39, 0.29) is 17.6 Å². The molecule has 0 amide bonds. The number of ether oxygens (including phenoxy) is 1. The van der Waals surface area contributed by atoms with E-state index in [0.717, 1.165) is 18.2 Å². The Balaban J connectivity index is 2.05. The standard InChI is InChI=1S/C10H8F2O2/c11-6-1-7(12)3-9(2-6)14-10-4-8(13)5-10/h1-3,10H,4-5H2. The Morgan fingerprint density at radius 2 is 1.71 bits per heavy atom. The van der Waals surface area contributed by atoms with E-state index in [1.807, 2.05) is 0 Å². The van der Waals surface area contributed by atoms with Gasteiger partial charge < -0.3 is 4.74 Å². The molecule has 0 radical (unpaired) electrons. The zero-order valence-electron chi connectivity index (χ0n) is 7.30. The van der Waals surface area contributed by atoms with Crippen LogP contribution in [0.5, 0.6) is 5.75 Å². The minimum atomic E-state index is -0.675. The average Bonchev–Trinajstić information content (AvgIpc) is 1.99. The van der Waals surface area contributed by atoms with Crippen molar-refractivity contribution < 1.29 is 18.3 Å². The molecule has 1 aliphatic carbocycles. The van der Waals surface area contributed by atoms with Gasteiger partial charge in [0, 0.05) is 31.0 Å². The molecule has 0 atom stereocenters. The van der Waals surface area contributed by atoms with Gasteiger partial charge in [0.15, 0.2) is 0 Å². The van der Waals surface area contributed by atoms with Crippen LogP contribution in [-0.2, 0) is 4.79 Å². The summed E-state index contributed by atoms with van der Waals surface area (Å²) in [7, 11) is 0. The van der Waals surface area contributed by atoms with E-state index in [1.54, 1.807) is 0 Å². The largest absolute Gasteiger partial charge is 0.489 e. The summed E-state index contributed by atoms with van der Waals surface area (Å²) in [6, 6.07) is 2.98. The summed E-state index contributed by atoms with van der Waals surface area (Å²) in [5.41, 5.74) is 0. The van der Waals surface area contributed by atoms with Crippen molar-refractivity contribution in [1.82, 2.24) is 0 Å². The van der Waals surface area contributed by atoms with Crippen molar-refractivity contribution >= 4 is 5.78 Å². The number of rotatable bonds is 2. The fourth-order valence-electron chi connectivity index (χ4n) is 1.32. The molecule has 14 heavy (non-hydrogen) atoms. The van der Waals surface area contributed by atoms with E-state index >= 15 is 0 Å². The van der Waals surface area contributed by atoms with Gasteiger partial charge in [-0.2, -0.15) is 0 Å². The average molecular weight is 198 g/mol. The van der Waals surface area contributed by atoms with E-state index in [0.29, 0.717) is 12.8 Å². The Kier molecular flexibility index (Phi) is 2.19. The lowest BCUT2D eigenvalue weighted by molar-refractivity contribution is -0.129. The zero-order chi connectivity index (χ0) is 10.1. The first-order valence-corrected chi connectivity index (χ1v) is 4.28. The first-order chi connectivity index (χ1) is 6.63. The number of hydrogen-bond acceptors (Lipinski definition) is 2. The fourth-order valence-corrected chi connectivity index (χ4v) is 1.32. The summed E-state index contributed by atoms with van der Waals surface area (Å²) in [5, 5.41) is 0. The van der Waals surface area contributed by atoms with E-state index in [2.05, 4.69) is 0 Å². The minimum absolute atomic E-state index is 0.117. The lowest BCUT2D eigenvalue weighted by atomic mass is 9.94. The van der Waals surface area contributed by atoms with Crippen molar-refractivity contribution in [1.29, 1.82) is 0 Å². The monoisotopic (exact) mass is 198 g/mol. The van der Waals surface area contributed by atoms with Crippen molar-refractivity contribution in [3.8, 4) is 5.75 Å². The summed E-state index contributed by atoms with van der Waals surface area (Å²) < 4.78 is 30.6. The van der Waals surface area contributed by atoms with Gasteiger partial charge in [-0.05, 0) is 0 Å². The number of carbonyl (C=O) groups is 1. The van der Waals surface area contributed by atoms with Gasteiger partial charge in [-0.3, -0.25) is 4.79 Å².